The van der Waals surface area contributed by atoms with Gasteiger partial charge in [0.1, 0.15) is 23.7 Å². The smallest absolute Gasteiger partial charge is 0.287 e. The van der Waals surface area contributed by atoms with E-state index in [9.17, 15) is 0 Å². The maximum atomic E-state index is 5.42. The summed E-state index contributed by atoms with van der Waals surface area (Å²) in [6, 6.07) is 6.19. The quantitative estimate of drug-likeness (QED) is 0.542. The molecule has 0 N–H and O–H groups in total. The Bertz CT molecular complexity index is 1160. The van der Waals surface area contributed by atoms with Crippen LogP contribution in [0.25, 0.3) is 26.7 Å². The molecule has 0 bridgehead atoms. The Kier molecular flexibility index (Phi) is 3.51. The maximum absolute atomic E-state index is 5.42. The topological polar surface area (TPSA) is 79.9 Å². The summed E-state index contributed by atoms with van der Waals surface area (Å²) in [5, 5.41) is 9.23. The van der Waals surface area contributed by atoms with Crippen molar-refractivity contribution in [1.82, 2.24) is 29.5 Å². The Labute approximate surface area is 158 Å². The molecule has 0 fully saturated rings. The van der Waals surface area contributed by atoms with Gasteiger partial charge >= 0.3 is 0 Å². The molecule has 0 aromatic carbocycles. The Morgan fingerprint density at radius 3 is 2.59 bits per heavy atom. The fraction of sp³-hybridized carbons (Fsp3) is 0.222. The van der Waals surface area contributed by atoms with Gasteiger partial charge in [-0.15, -0.1) is 5.10 Å². The lowest BCUT2D eigenvalue weighted by Crippen LogP contribution is -2.03. The zero-order valence-electron chi connectivity index (χ0n) is 14.9. The van der Waals surface area contributed by atoms with Crippen molar-refractivity contribution in [1.29, 1.82) is 0 Å². The van der Waals surface area contributed by atoms with E-state index in [1.54, 1.807) is 22.2 Å². The van der Waals surface area contributed by atoms with Crippen LogP contribution in [0.15, 0.2) is 36.9 Å². The van der Waals surface area contributed by atoms with E-state index in [-0.39, 0.29) is 0 Å². The van der Waals surface area contributed by atoms with Gasteiger partial charge < -0.3 is 9.47 Å². The van der Waals surface area contributed by atoms with Crippen LogP contribution in [0.3, 0.4) is 0 Å². The summed E-state index contributed by atoms with van der Waals surface area (Å²) in [6.45, 7) is 4.15. The van der Waals surface area contributed by atoms with E-state index in [0.29, 0.717) is 5.69 Å². The third kappa shape index (κ3) is 2.50. The van der Waals surface area contributed by atoms with E-state index in [2.05, 4.69) is 45.8 Å². The first-order chi connectivity index (χ1) is 13.1. The molecular weight excluding hydrogens is 364 g/mol. The number of thiazole rings is 1. The van der Waals surface area contributed by atoms with Crippen molar-refractivity contribution in [2.24, 2.45) is 7.05 Å². The van der Waals surface area contributed by atoms with Gasteiger partial charge in [-0.05, 0) is 32.0 Å². The highest BCUT2D eigenvalue weighted by Gasteiger charge is 2.27. The van der Waals surface area contributed by atoms with Crippen molar-refractivity contribution in [3.63, 3.8) is 0 Å². The molecule has 5 heterocycles. The summed E-state index contributed by atoms with van der Waals surface area (Å²) in [5.74, 6) is 0. The lowest BCUT2D eigenvalue weighted by atomic mass is 10.2. The Morgan fingerprint density at radius 1 is 1.11 bits per heavy atom. The van der Waals surface area contributed by atoms with Gasteiger partial charge in [0.15, 0.2) is 10.8 Å². The van der Waals surface area contributed by atoms with Crippen LogP contribution in [-0.2, 0) is 16.5 Å². The third-order valence-corrected chi connectivity index (χ3v) is 5.51. The molecule has 0 saturated carbocycles. The first-order valence-electron chi connectivity index (χ1n) is 8.39. The summed E-state index contributed by atoms with van der Waals surface area (Å²) in [5.41, 5.74) is 5.27. The molecule has 5 rings (SSSR count). The molecule has 136 valence electrons. The van der Waals surface area contributed by atoms with Crippen molar-refractivity contribution in [3.8, 4) is 16.5 Å². The molecule has 1 aliphatic heterocycles. The number of pyridine rings is 1. The zero-order chi connectivity index (χ0) is 18.5. The number of aromatic nitrogens is 6. The minimum atomic E-state index is -0.603. The van der Waals surface area contributed by atoms with Gasteiger partial charge in [0.05, 0.1) is 16.6 Å². The normalized spacial score (nSPS) is 14.0. The highest BCUT2D eigenvalue weighted by Crippen LogP contribution is 2.33. The van der Waals surface area contributed by atoms with Gasteiger partial charge in [-0.2, -0.15) is 0 Å². The molecular formula is C18H16N6O2S. The van der Waals surface area contributed by atoms with E-state index in [1.807, 2.05) is 13.1 Å². The molecule has 0 radical (unpaired) electrons. The van der Waals surface area contributed by atoms with E-state index in [1.165, 1.54) is 12.5 Å². The van der Waals surface area contributed by atoms with Gasteiger partial charge in [0.25, 0.3) is 6.29 Å². The van der Waals surface area contributed by atoms with E-state index in [4.69, 9.17) is 14.5 Å². The largest absolute Gasteiger partial charge is 0.454 e. The van der Waals surface area contributed by atoms with E-state index < -0.39 is 6.29 Å². The number of ether oxygens (including phenoxy) is 2. The third-order valence-electron chi connectivity index (χ3n) is 4.50. The number of fused-ring (bicyclic) bond motifs is 1. The fourth-order valence-corrected chi connectivity index (χ4v) is 4.31. The van der Waals surface area contributed by atoms with Crippen LogP contribution < -0.4 is 0 Å². The van der Waals surface area contributed by atoms with Gasteiger partial charge in [0.2, 0.25) is 0 Å². The fourth-order valence-electron chi connectivity index (χ4n) is 3.21. The van der Waals surface area contributed by atoms with Crippen molar-refractivity contribution < 1.29 is 9.47 Å². The molecule has 8 nitrogen and oxygen atoms in total. The summed E-state index contributed by atoms with van der Waals surface area (Å²) in [4.78, 5) is 9.33. The van der Waals surface area contributed by atoms with Gasteiger partial charge in [-0.3, -0.25) is 9.55 Å². The lowest BCUT2D eigenvalue weighted by molar-refractivity contribution is -0.0275. The van der Waals surface area contributed by atoms with Crippen LogP contribution in [-0.4, -0.2) is 29.5 Å². The standard InChI is InChI=1S/C18H16N6O2S/c1-10-4-5-11(2)24(10)18-20-13-9-19-12(8-14(13)27-18)16-15(21-22-23(16)3)17-25-6-7-26-17/h4-9,17H,1-3H3. The van der Waals surface area contributed by atoms with E-state index in [0.717, 1.165) is 38.1 Å². The van der Waals surface area contributed by atoms with Crippen LogP contribution in [0.5, 0.6) is 0 Å². The highest BCUT2D eigenvalue weighted by molar-refractivity contribution is 7.20. The molecule has 9 heteroatoms. The molecule has 0 amide bonds. The average molecular weight is 380 g/mol. The van der Waals surface area contributed by atoms with Crippen LogP contribution in [0.4, 0.5) is 0 Å². The van der Waals surface area contributed by atoms with Crippen LogP contribution in [0, 0.1) is 13.8 Å². The monoisotopic (exact) mass is 380 g/mol. The molecule has 4 aromatic rings. The first kappa shape index (κ1) is 16.0. The molecule has 4 aromatic heterocycles. The van der Waals surface area contributed by atoms with E-state index >= 15 is 0 Å². The van der Waals surface area contributed by atoms with Crippen molar-refractivity contribution in [2.75, 3.05) is 0 Å². The second-order valence-corrected chi connectivity index (χ2v) is 7.32. The molecule has 0 saturated heterocycles. The molecule has 0 spiro atoms. The van der Waals surface area contributed by atoms with Crippen LogP contribution in [0.2, 0.25) is 0 Å². The molecule has 0 aliphatic carbocycles. The van der Waals surface area contributed by atoms with Gasteiger partial charge in [0, 0.05) is 18.4 Å². The zero-order valence-corrected chi connectivity index (χ0v) is 15.8. The number of rotatable bonds is 3. The highest BCUT2D eigenvalue weighted by atomic mass is 32.1. The van der Waals surface area contributed by atoms with Crippen LogP contribution in [0.1, 0.15) is 23.4 Å². The Morgan fingerprint density at radius 2 is 1.85 bits per heavy atom. The summed E-state index contributed by atoms with van der Waals surface area (Å²) >= 11 is 1.63. The van der Waals surface area contributed by atoms with Crippen molar-refractivity contribution in [3.05, 3.63) is 54.0 Å². The minimum absolute atomic E-state index is 0.594. The predicted molar refractivity (Wildman–Crippen MR) is 100 cm³/mol. The molecule has 0 unspecified atom stereocenters. The maximum Gasteiger partial charge on any atom is 0.287 e. The molecule has 27 heavy (non-hydrogen) atoms. The molecule has 1 aliphatic rings. The van der Waals surface area contributed by atoms with Crippen LogP contribution >= 0.6 is 11.3 Å². The number of aryl methyl sites for hydroxylation is 3. The number of hydrogen-bond donors (Lipinski definition) is 0. The average Bonchev–Trinajstić information content (AvgIpc) is 3.41. The predicted octanol–water partition coefficient (Wildman–Crippen LogP) is 3.41. The SMILES string of the molecule is Cc1ccc(C)n1-c1nc2cnc(-c3c(C4OC=CO4)nnn3C)cc2s1. The summed E-state index contributed by atoms with van der Waals surface area (Å²) < 4.78 is 15.7. The van der Waals surface area contributed by atoms with Crippen molar-refractivity contribution >= 4 is 21.6 Å². The Hall–Kier alpha value is -3.20. The number of nitrogens with zero attached hydrogens (tertiary/aromatic N) is 6. The number of hydrogen-bond acceptors (Lipinski definition) is 7. The van der Waals surface area contributed by atoms with Gasteiger partial charge in [-0.25, -0.2) is 9.67 Å². The lowest BCUT2D eigenvalue weighted by Gasteiger charge is -2.09. The summed E-state index contributed by atoms with van der Waals surface area (Å²) in [7, 11) is 1.82. The second-order valence-electron chi connectivity index (χ2n) is 6.31. The second kappa shape index (κ2) is 5.92. The first-order valence-corrected chi connectivity index (χ1v) is 9.21. The van der Waals surface area contributed by atoms with Gasteiger partial charge in [-0.1, -0.05) is 16.6 Å². The minimum Gasteiger partial charge on any atom is -0.454 e. The van der Waals surface area contributed by atoms with Crippen molar-refractivity contribution in [2.45, 2.75) is 20.1 Å². The Balaban J connectivity index is 1.61. The molecule has 0 atom stereocenters. The summed E-state index contributed by atoms with van der Waals surface area (Å²) in [6.07, 6.45) is 4.17.